The summed E-state index contributed by atoms with van der Waals surface area (Å²) in [5, 5.41) is 13.6. The lowest BCUT2D eigenvalue weighted by Gasteiger charge is -2.16. The van der Waals surface area contributed by atoms with Crippen molar-refractivity contribution in [3.63, 3.8) is 0 Å². The van der Waals surface area contributed by atoms with Gasteiger partial charge in [0.1, 0.15) is 12.2 Å². The molecule has 0 amide bonds. The second-order valence-electron chi connectivity index (χ2n) is 7.73. The van der Waals surface area contributed by atoms with Crippen LogP contribution < -0.4 is 0 Å². The van der Waals surface area contributed by atoms with Gasteiger partial charge < -0.3 is 9.79 Å². The van der Waals surface area contributed by atoms with Crippen molar-refractivity contribution in [2.24, 2.45) is 0 Å². The lowest BCUT2D eigenvalue weighted by molar-refractivity contribution is 0.432. The van der Waals surface area contributed by atoms with Crippen molar-refractivity contribution in [3.8, 4) is 28.7 Å². The molecule has 2 radical (unpaired) electrons. The highest BCUT2D eigenvalue weighted by Gasteiger charge is 2.17. The molecule has 0 bridgehead atoms. The van der Waals surface area contributed by atoms with E-state index in [0.29, 0.717) is 24.5 Å². The lowest BCUT2D eigenvalue weighted by Crippen LogP contribution is -2.20. The molecule has 0 saturated heterocycles. The number of nitriles is 1. The minimum atomic E-state index is 0.365. The van der Waals surface area contributed by atoms with Crippen LogP contribution >= 0.6 is 0 Å². The number of imidazole rings is 1. The number of hydrogen-bond donors (Lipinski definition) is 1. The molecule has 33 heavy (non-hydrogen) atoms. The highest BCUT2D eigenvalue weighted by atomic mass is 15.3. The van der Waals surface area contributed by atoms with Crippen LogP contribution in [0.15, 0.2) is 67.1 Å². The molecule has 5 aromatic rings. The summed E-state index contributed by atoms with van der Waals surface area (Å²) in [5.41, 5.74) is 6.38. The molecule has 0 aliphatic carbocycles. The largest absolute Gasteiger partial charge is 0.344 e. The summed E-state index contributed by atoms with van der Waals surface area (Å²) in [5.74, 6) is 0.693. The highest BCUT2D eigenvalue weighted by molar-refractivity contribution is 6.04. The maximum atomic E-state index is 9.35. The van der Waals surface area contributed by atoms with Crippen LogP contribution in [0, 0.1) is 18.3 Å². The summed E-state index contributed by atoms with van der Waals surface area (Å²) in [6.45, 7) is 2.74. The van der Waals surface area contributed by atoms with E-state index in [2.05, 4.69) is 26.1 Å². The molecule has 0 aliphatic heterocycles. The van der Waals surface area contributed by atoms with E-state index in [0.717, 1.165) is 39.5 Å². The van der Waals surface area contributed by atoms with Crippen molar-refractivity contribution in [1.29, 1.82) is 5.26 Å². The number of H-pyrrole nitrogens is 1. The monoisotopic (exact) mass is 430 g/mol. The minimum Gasteiger partial charge on any atom is -0.344 e. The van der Waals surface area contributed by atoms with Gasteiger partial charge in [0, 0.05) is 30.5 Å². The van der Waals surface area contributed by atoms with Crippen LogP contribution in [-0.2, 0) is 13.1 Å². The number of nitrogens with one attached hydrogen (secondary N) is 1. The summed E-state index contributed by atoms with van der Waals surface area (Å²) in [6.07, 6.45) is 3.41. The molecular weight excluding hydrogens is 411 g/mol. The maximum Gasteiger partial charge on any atom is 0.183 e. The highest BCUT2D eigenvalue weighted by Crippen LogP contribution is 2.29. The van der Waals surface area contributed by atoms with Crippen LogP contribution in [0.3, 0.4) is 0 Å². The Morgan fingerprint density at radius 3 is 2.79 bits per heavy atom. The van der Waals surface area contributed by atoms with Crippen LogP contribution in [0.1, 0.15) is 22.6 Å². The topological polar surface area (TPSA) is 98.8 Å². The van der Waals surface area contributed by atoms with Crippen LogP contribution in [0.25, 0.3) is 28.3 Å². The molecule has 0 saturated carbocycles. The lowest BCUT2D eigenvalue weighted by atomic mass is 10.1. The van der Waals surface area contributed by atoms with E-state index in [1.54, 1.807) is 15.4 Å². The standard InChI is InChI=1S/C24H19BN8/c1-16-5-4-8-20(29-16)24-23(19-9-10-22-27-15-28-33(22)13-19)30-21(31-24)14-32(25)12-18-7-3-2-6-17(18)11-26/h2-10,13,15H,12,14H2,1H3,(H,30,31). The minimum absolute atomic E-state index is 0.365. The average Bonchev–Trinajstić information content (AvgIpc) is 3.46. The molecule has 4 aromatic heterocycles. The van der Waals surface area contributed by atoms with Crippen molar-refractivity contribution in [3.05, 3.63) is 89.8 Å². The Kier molecular flexibility index (Phi) is 5.43. The van der Waals surface area contributed by atoms with E-state index in [9.17, 15) is 5.26 Å². The normalized spacial score (nSPS) is 11.2. The number of aryl methyl sites for hydroxylation is 1. The van der Waals surface area contributed by atoms with Gasteiger partial charge in [-0.25, -0.2) is 14.5 Å². The average molecular weight is 430 g/mol. The second-order valence-corrected chi connectivity index (χ2v) is 7.73. The number of aromatic nitrogens is 6. The van der Waals surface area contributed by atoms with Crippen LogP contribution in [0.4, 0.5) is 0 Å². The Morgan fingerprint density at radius 1 is 1.06 bits per heavy atom. The number of rotatable bonds is 6. The van der Waals surface area contributed by atoms with Crippen molar-refractivity contribution >= 4 is 13.6 Å². The number of hydrogen-bond acceptors (Lipinski definition) is 6. The molecule has 1 aromatic carbocycles. The second kappa shape index (κ2) is 8.69. The van der Waals surface area contributed by atoms with Crippen molar-refractivity contribution < 1.29 is 0 Å². The number of fused-ring (bicyclic) bond motifs is 1. The Balaban J connectivity index is 1.50. The zero-order valence-electron chi connectivity index (χ0n) is 18.0. The molecule has 9 heteroatoms. The van der Waals surface area contributed by atoms with E-state index in [-0.39, 0.29) is 0 Å². The summed E-state index contributed by atoms with van der Waals surface area (Å²) < 4.78 is 1.71. The van der Waals surface area contributed by atoms with Crippen molar-refractivity contribution in [2.75, 3.05) is 0 Å². The van der Waals surface area contributed by atoms with Gasteiger partial charge in [-0.2, -0.15) is 10.4 Å². The Morgan fingerprint density at radius 2 is 1.94 bits per heavy atom. The molecular formula is C24H19BN8. The van der Waals surface area contributed by atoms with E-state index in [4.69, 9.17) is 13.0 Å². The molecule has 0 spiro atoms. The summed E-state index contributed by atoms with van der Waals surface area (Å²) in [6, 6.07) is 19.4. The molecule has 4 heterocycles. The first kappa shape index (κ1) is 20.6. The molecule has 8 nitrogen and oxygen atoms in total. The molecule has 0 atom stereocenters. The Hall–Kier alpha value is -4.29. The first-order chi connectivity index (χ1) is 16.1. The third kappa shape index (κ3) is 4.24. The fourth-order valence-electron chi connectivity index (χ4n) is 3.76. The molecule has 0 fully saturated rings. The van der Waals surface area contributed by atoms with Crippen LogP contribution in [0.5, 0.6) is 0 Å². The van der Waals surface area contributed by atoms with Gasteiger partial charge >= 0.3 is 0 Å². The van der Waals surface area contributed by atoms with Gasteiger partial charge in [0.2, 0.25) is 0 Å². The fourth-order valence-corrected chi connectivity index (χ4v) is 3.76. The predicted octanol–water partition coefficient (Wildman–Crippen LogP) is 3.45. The molecule has 0 aliphatic rings. The Labute approximate surface area is 192 Å². The van der Waals surface area contributed by atoms with Gasteiger partial charge in [0.05, 0.1) is 28.7 Å². The van der Waals surface area contributed by atoms with Gasteiger partial charge in [-0.1, -0.05) is 24.3 Å². The van der Waals surface area contributed by atoms with E-state index in [1.807, 2.05) is 61.7 Å². The molecule has 0 unspecified atom stereocenters. The summed E-state index contributed by atoms with van der Waals surface area (Å²) >= 11 is 0. The van der Waals surface area contributed by atoms with Gasteiger partial charge in [0.25, 0.3) is 0 Å². The SMILES string of the molecule is [B]N(Cc1nc(-c2ccc3ncnn3c2)c(-c2cccc(C)n2)[nH]1)Cc1ccccc1C#N. The zero-order chi connectivity index (χ0) is 22.8. The van der Waals surface area contributed by atoms with E-state index >= 15 is 0 Å². The number of benzene rings is 1. The number of nitrogens with zero attached hydrogens (tertiary/aromatic N) is 7. The zero-order valence-corrected chi connectivity index (χ0v) is 18.0. The van der Waals surface area contributed by atoms with Gasteiger partial charge in [0.15, 0.2) is 13.6 Å². The smallest absolute Gasteiger partial charge is 0.183 e. The van der Waals surface area contributed by atoms with E-state index < -0.39 is 0 Å². The van der Waals surface area contributed by atoms with Crippen LogP contribution in [-0.4, -0.2) is 42.3 Å². The van der Waals surface area contributed by atoms with Gasteiger partial charge in [-0.3, -0.25) is 4.98 Å². The van der Waals surface area contributed by atoms with E-state index in [1.165, 1.54) is 6.33 Å². The van der Waals surface area contributed by atoms with Crippen molar-refractivity contribution in [2.45, 2.75) is 20.0 Å². The number of pyridine rings is 2. The number of aromatic amines is 1. The van der Waals surface area contributed by atoms with Gasteiger partial charge in [-0.05, 0) is 42.8 Å². The van der Waals surface area contributed by atoms with Crippen molar-refractivity contribution in [1.82, 2.24) is 34.4 Å². The molecule has 5 rings (SSSR count). The first-order valence-corrected chi connectivity index (χ1v) is 10.4. The maximum absolute atomic E-state index is 9.35. The van der Waals surface area contributed by atoms with Gasteiger partial charge in [-0.15, -0.1) is 0 Å². The molecule has 158 valence electrons. The molecule has 1 N–H and O–H groups in total. The summed E-state index contributed by atoms with van der Waals surface area (Å²) in [7, 11) is 6.31. The van der Waals surface area contributed by atoms with Crippen LogP contribution in [0.2, 0.25) is 0 Å². The Bertz CT molecular complexity index is 1480. The summed E-state index contributed by atoms with van der Waals surface area (Å²) in [4.78, 5) is 18.8. The quantitative estimate of drug-likeness (QED) is 0.415. The first-order valence-electron chi connectivity index (χ1n) is 10.4. The fraction of sp³-hybridized carbons (Fsp3) is 0.125. The third-order valence-electron chi connectivity index (χ3n) is 5.31. The predicted molar refractivity (Wildman–Crippen MR) is 125 cm³/mol. The third-order valence-corrected chi connectivity index (χ3v) is 5.31.